The van der Waals surface area contributed by atoms with Crippen molar-refractivity contribution in [3.05, 3.63) is 131 Å². The van der Waals surface area contributed by atoms with Gasteiger partial charge in [0.2, 0.25) is 11.8 Å². The van der Waals surface area contributed by atoms with E-state index in [-0.39, 0.29) is 29.7 Å². The van der Waals surface area contributed by atoms with Crippen molar-refractivity contribution >= 4 is 58.6 Å². The van der Waals surface area contributed by atoms with Gasteiger partial charge in [-0.1, -0.05) is 36.4 Å². The Labute approximate surface area is 257 Å². The lowest BCUT2D eigenvalue weighted by Crippen LogP contribution is -2.31. The minimum absolute atomic E-state index is 0.0133. The number of nitrogens with one attached hydrogen (secondary N) is 2. The molecular weight excluding hydrogens is 581 g/mol. The number of carbonyl (C=O) groups excluding carboxylic acids is 5. The zero-order chi connectivity index (χ0) is 31.2. The minimum Gasteiger partial charge on any atom is -0.321 e. The standard InChI is InChI=1S/C34H26FN3O5S/c1-21(39)23-13-15-27(16-14-23)38-31(40)20-30(34(38)43)44-28-12-6-11-26(19-28)36-33(42)29(18-22-7-5-10-25(35)17-22)37-32(41)24-8-3-2-4-9-24/h2-19,30H,20H2,1H3,(H,36,42)(H,37,41)/b29-18-. The van der Waals surface area contributed by atoms with Gasteiger partial charge >= 0.3 is 0 Å². The fourth-order valence-corrected chi connectivity index (χ4v) is 5.64. The fraction of sp³-hybridized carbons (Fsp3) is 0.0882. The van der Waals surface area contributed by atoms with Crippen molar-refractivity contribution in [2.45, 2.75) is 23.5 Å². The van der Waals surface area contributed by atoms with Gasteiger partial charge in [0.15, 0.2) is 5.78 Å². The number of hydrogen-bond acceptors (Lipinski definition) is 6. The monoisotopic (exact) mass is 607 g/mol. The fourth-order valence-electron chi connectivity index (χ4n) is 4.53. The molecule has 4 amide bonds. The van der Waals surface area contributed by atoms with E-state index in [2.05, 4.69) is 10.6 Å². The highest BCUT2D eigenvalue weighted by Gasteiger charge is 2.40. The van der Waals surface area contributed by atoms with Crippen LogP contribution in [0.5, 0.6) is 0 Å². The third-order valence-electron chi connectivity index (χ3n) is 6.70. The lowest BCUT2D eigenvalue weighted by atomic mass is 10.1. The second-order valence-electron chi connectivity index (χ2n) is 9.90. The molecule has 5 rings (SSSR count). The van der Waals surface area contributed by atoms with E-state index in [1.54, 1.807) is 84.9 Å². The first-order chi connectivity index (χ1) is 21.2. The molecule has 0 bridgehead atoms. The summed E-state index contributed by atoms with van der Waals surface area (Å²) in [5, 5.41) is 4.67. The van der Waals surface area contributed by atoms with Crippen LogP contribution in [0.3, 0.4) is 0 Å². The van der Waals surface area contributed by atoms with Crippen LogP contribution in [0.4, 0.5) is 15.8 Å². The van der Waals surface area contributed by atoms with E-state index in [0.29, 0.717) is 33.0 Å². The first-order valence-electron chi connectivity index (χ1n) is 13.6. The molecule has 1 heterocycles. The number of carbonyl (C=O) groups is 5. The molecule has 1 atom stereocenters. The largest absolute Gasteiger partial charge is 0.321 e. The third-order valence-corrected chi connectivity index (χ3v) is 7.87. The third kappa shape index (κ3) is 7.16. The van der Waals surface area contributed by atoms with Crippen LogP contribution < -0.4 is 15.5 Å². The highest BCUT2D eigenvalue weighted by Crippen LogP contribution is 2.35. The zero-order valence-corrected chi connectivity index (χ0v) is 24.3. The summed E-state index contributed by atoms with van der Waals surface area (Å²) >= 11 is 1.19. The number of amides is 4. The van der Waals surface area contributed by atoms with Gasteiger partial charge < -0.3 is 10.6 Å². The van der Waals surface area contributed by atoms with Gasteiger partial charge in [0, 0.05) is 28.1 Å². The molecule has 8 nitrogen and oxygen atoms in total. The van der Waals surface area contributed by atoms with E-state index < -0.39 is 22.9 Å². The summed E-state index contributed by atoms with van der Waals surface area (Å²) in [4.78, 5) is 65.5. The van der Waals surface area contributed by atoms with Crippen LogP contribution in [0.2, 0.25) is 0 Å². The number of hydrogen-bond donors (Lipinski definition) is 2. The van der Waals surface area contributed by atoms with E-state index in [9.17, 15) is 28.4 Å². The molecule has 1 aliphatic rings. The van der Waals surface area contributed by atoms with E-state index in [1.807, 2.05) is 0 Å². The second-order valence-corrected chi connectivity index (χ2v) is 11.2. The van der Waals surface area contributed by atoms with Gasteiger partial charge in [0.25, 0.3) is 11.8 Å². The first-order valence-corrected chi connectivity index (χ1v) is 14.5. The average molecular weight is 608 g/mol. The number of Topliss-reactive ketones (excluding diaryl/α,β-unsaturated/α-hetero) is 1. The van der Waals surface area contributed by atoms with Crippen molar-refractivity contribution in [3.8, 4) is 0 Å². The van der Waals surface area contributed by atoms with E-state index >= 15 is 0 Å². The highest BCUT2D eigenvalue weighted by atomic mass is 32.2. The Morgan fingerprint density at radius 2 is 1.59 bits per heavy atom. The molecule has 4 aromatic carbocycles. The summed E-state index contributed by atoms with van der Waals surface area (Å²) in [6.45, 7) is 1.44. The van der Waals surface area contributed by atoms with Crippen LogP contribution in [0.15, 0.2) is 114 Å². The molecule has 44 heavy (non-hydrogen) atoms. The van der Waals surface area contributed by atoms with Crippen LogP contribution in [-0.2, 0) is 14.4 Å². The Balaban J connectivity index is 1.31. The van der Waals surface area contributed by atoms with Crippen molar-refractivity contribution in [1.82, 2.24) is 5.32 Å². The van der Waals surface area contributed by atoms with Gasteiger partial charge in [0.05, 0.1) is 10.9 Å². The summed E-state index contributed by atoms with van der Waals surface area (Å²) in [6, 6.07) is 27.0. The SMILES string of the molecule is CC(=O)c1ccc(N2C(=O)CC(Sc3cccc(NC(=O)/C(=C/c4cccc(F)c4)NC(=O)c4ccccc4)c3)C2=O)cc1. The van der Waals surface area contributed by atoms with E-state index in [4.69, 9.17) is 0 Å². The smallest absolute Gasteiger partial charge is 0.272 e. The molecule has 0 aliphatic carbocycles. The molecule has 0 aromatic heterocycles. The number of nitrogens with zero attached hydrogens (tertiary/aromatic N) is 1. The summed E-state index contributed by atoms with van der Waals surface area (Å²) in [5.41, 5.74) is 1.86. The van der Waals surface area contributed by atoms with Gasteiger partial charge in [0.1, 0.15) is 11.5 Å². The highest BCUT2D eigenvalue weighted by molar-refractivity contribution is 8.00. The maximum atomic E-state index is 13.8. The van der Waals surface area contributed by atoms with Crippen molar-refractivity contribution in [3.63, 3.8) is 0 Å². The average Bonchev–Trinajstić information content (AvgIpc) is 3.29. The number of benzene rings is 4. The van der Waals surface area contributed by atoms with Crippen molar-refractivity contribution in [2.75, 3.05) is 10.2 Å². The van der Waals surface area contributed by atoms with E-state index in [0.717, 1.165) is 4.90 Å². The molecule has 0 spiro atoms. The number of imide groups is 1. The number of thioether (sulfide) groups is 1. The summed E-state index contributed by atoms with van der Waals surface area (Å²) in [6.07, 6.45) is 1.36. The molecule has 1 unspecified atom stereocenters. The number of ketones is 1. The van der Waals surface area contributed by atoms with Gasteiger partial charge in [-0.15, -0.1) is 11.8 Å². The lowest BCUT2D eigenvalue weighted by molar-refractivity contribution is -0.121. The second kappa shape index (κ2) is 13.3. The quantitative estimate of drug-likeness (QED) is 0.140. The van der Waals surface area contributed by atoms with Crippen LogP contribution in [0.1, 0.15) is 39.6 Å². The number of rotatable bonds is 9. The van der Waals surface area contributed by atoms with Crippen LogP contribution in [0.25, 0.3) is 6.08 Å². The predicted molar refractivity (Wildman–Crippen MR) is 167 cm³/mol. The molecule has 4 aromatic rings. The molecule has 1 aliphatic heterocycles. The summed E-state index contributed by atoms with van der Waals surface area (Å²) in [5.74, 6) is -2.51. The van der Waals surface area contributed by atoms with Crippen LogP contribution in [-0.4, -0.2) is 34.7 Å². The molecule has 1 fully saturated rings. The Kier molecular flexibility index (Phi) is 9.11. The maximum absolute atomic E-state index is 13.8. The molecule has 2 N–H and O–H groups in total. The Hall–Kier alpha value is -5.35. The van der Waals surface area contributed by atoms with Crippen molar-refractivity contribution in [2.24, 2.45) is 0 Å². The zero-order valence-electron chi connectivity index (χ0n) is 23.5. The van der Waals surface area contributed by atoms with E-state index in [1.165, 1.54) is 43.0 Å². The number of halogens is 1. The van der Waals surface area contributed by atoms with Gasteiger partial charge in [-0.3, -0.25) is 24.0 Å². The van der Waals surface area contributed by atoms with Crippen LogP contribution in [0, 0.1) is 5.82 Å². The summed E-state index contributed by atoms with van der Waals surface area (Å²) < 4.78 is 13.8. The molecule has 1 saturated heterocycles. The Bertz CT molecular complexity index is 1790. The predicted octanol–water partition coefficient (Wildman–Crippen LogP) is 5.86. The molecule has 10 heteroatoms. The first kappa shape index (κ1) is 30.1. The Morgan fingerprint density at radius 1 is 0.864 bits per heavy atom. The van der Waals surface area contributed by atoms with Crippen molar-refractivity contribution < 1.29 is 28.4 Å². The maximum Gasteiger partial charge on any atom is 0.272 e. The Morgan fingerprint density at radius 3 is 2.30 bits per heavy atom. The summed E-state index contributed by atoms with van der Waals surface area (Å²) in [7, 11) is 0. The van der Waals surface area contributed by atoms with Crippen LogP contribution >= 0.6 is 11.8 Å². The van der Waals surface area contributed by atoms with Gasteiger partial charge in [-0.05, 0) is 85.3 Å². The topological polar surface area (TPSA) is 113 Å². The normalized spacial score (nSPS) is 14.8. The van der Waals surface area contributed by atoms with Gasteiger partial charge in [-0.2, -0.15) is 0 Å². The van der Waals surface area contributed by atoms with Gasteiger partial charge in [-0.25, -0.2) is 9.29 Å². The number of anilines is 2. The molecular formula is C34H26FN3O5S. The molecule has 0 saturated carbocycles. The van der Waals surface area contributed by atoms with Crippen molar-refractivity contribution in [1.29, 1.82) is 0 Å². The molecule has 220 valence electrons. The molecule has 0 radical (unpaired) electrons. The minimum atomic E-state index is -0.686. The lowest BCUT2D eigenvalue weighted by Gasteiger charge is -2.15.